The number of rotatable bonds is 6. The molecule has 2 atom stereocenters. The van der Waals surface area contributed by atoms with Crippen LogP contribution in [0.3, 0.4) is 0 Å². The van der Waals surface area contributed by atoms with E-state index in [1.165, 1.54) is 14.2 Å². The van der Waals surface area contributed by atoms with Gasteiger partial charge in [-0.1, -0.05) is 18.2 Å². The summed E-state index contributed by atoms with van der Waals surface area (Å²) in [7, 11) is 3.02. The standard InChI is InChI=1S/C22H27N3O4/c1-14-11-16(9-10-23-14)24-22(27)17-12-19(28-2)20(29-3)13-18(17)25-21(26)15-7-5-4-6-8-15/h4-8,12-14,16,23H,9-11H2,1-3H3,(H,24,27)(H,25,26). The molecule has 0 bridgehead atoms. The monoisotopic (exact) mass is 397 g/mol. The van der Waals surface area contributed by atoms with Gasteiger partial charge in [-0.05, 0) is 44.5 Å². The number of hydrogen-bond acceptors (Lipinski definition) is 5. The van der Waals surface area contributed by atoms with Gasteiger partial charge in [0.2, 0.25) is 0 Å². The van der Waals surface area contributed by atoms with Gasteiger partial charge in [-0.15, -0.1) is 0 Å². The zero-order chi connectivity index (χ0) is 20.8. The minimum Gasteiger partial charge on any atom is -0.493 e. The van der Waals surface area contributed by atoms with Crippen LogP contribution in [0.25, 0.3) is 0 Å². The molecule has 1 fully saturated rings. The van der Waals surface area contributed by atoms with Crippen LogP contribution in [0.15, 0.2) is 42.5 Å². The molecule has 29 heavy (non-hydrogen) atoms. The Hall–Kier alpha value is -3.06. The number of benzene rings is 2. The smallest absolute Gasteiger partial charge is 0.255 e. The van der Waals surface area contributed by atoms with Crippen LogP contribution in [0.2, 0.25) is 0 Å². The van der Waals surface area contributed by atoms with Crippen LogP contribution >= 0.6 is 0 Å². The number of hydrogen-bond donors (Lipinski definition) is 3. The molecule has 3 rings (SSSR count). The predicted octanol–water partition coefficient (Wildman–Crippen LogP) is 2.83. The number of amides is 2. The first-order chi connectivity index (χ1) is 14.0. The highest BCUT2D eigenvalue weighted by atomic mass is 16.5. The predicted molar refractivity (Wildman–Crippen MR) is 112 cm³/mol. The molecule has 1 aliphatic rings. The van der Waals surface area contributed by atoms with E-state index in [4.69, 9.17) is 9.47 Å². The topological polar surface area (TPSA) is 88.7 Å². The number of nitrogens with one attached hydrogen (secondary N) is 3. The number of anilines is 1. The van der Waals surface area contributed by atoms with Gasteiger partial charge in [0.05, 0.1) is 25.5 Å². The van der Waals surface area contributed by atoms with Gasteiger partial charge in [-0.2, -0.15) is 0 Å². The van der Waals surface area contributed by atoms with E-state index in [1.54, 1.807) is 36.4 Å². The normalized spacial score (nSPS) is 18.6. The van der Waals surface area contributed by atoms with Crippen molar-refractivity contribution in [3.63, 3.8) is 0 Å². The molecule has 1 heterocycles. The minimum absolute atomic E-state index is 0.0736. The summed E-state index contributed by atoms with van der Waals surface area (Å²) in [6, 6.07) is 12.5. The minimum atomic E-state index is -0.303. The lowest BCUT2D eigenvalue weighted by molar-refractivity contribution is 0.0926. The molecule has 0 spiro atoms. The number of methoxy groups -OCH3 is 2. The Morgan fingerprint density at radius 3 is 2.38 bits per heavy atom. The SMILES string of the molecule is COc1cc(NC(=O)c2ccccc2)c(C(=O)NC2CCNC(C)C2)cc1OC. The number of carbonyl (C=O) groups is 2. The van der Waals surface area contributed by atoms with Gasteiger partial charge >= 0.3 is 0 Å². The maximum Gasteiger partial charge on any atom is 0.255 e. The van der Waals surface area contributed by atoms with Gasteiger partial charge < -0.3 is 25.4 Å². The summed E-state index contributed by atoms with van der Waals surface area (Å²) in [5.41, 5.74) is 1.20. The molecular weight excluding hydrogens is 370 g/mol. The summed E-state index contributed by atoms with van der Waals surface area (Å²) in [5, 5.41) is 9.28. The first-order valence-electron chi connectivity index (χ1n) is 9.68. The van der Waals surface area contributed by atoms with Crippen LogP contribution in [0.4, 0.5) is 5.69 Å². The maximum absolute atomic E-state index is 13.0. The van der Waals surface area contributed by atoms with Crippen LogP contribution in [-0.4, -0.2) is 44.7 Å². The van der Waals surface area contributed by atoms with E-state index >= 15 is 0 Å². The average molecular weight is 397 g/mol. The fraction of sp³-hybridized carbons (Fsp3) is 0.364. The Morgan fingerprint density at radius 2 is 1.72 bits per heavy atom. The molecule has 1 saturated heterocycles. The molecule has 1 aliphatic heterocycles. The number of piperidine rings is 1. The van der Waals surface area contributed by atoms with Crippen LogP contribution in [0.1, 0.15) is 40.5 Å². The molecule has 0 radical (unpaired) electrons. The second kappa shape index (κ2) is 9.43. The Morgan fingerprint density at radius 1 is 1.03 bits per heavy atom. The third kappa shape index (κ3) is 5.06. The van der Waals surface area contributed by atoms with Crippen LogP contribution in [-0.2, 0) is 0 Å². The van der Waals surface area contributed by atoms with Gasteiger partial charge in [0, 0.05) is 23.7 Å². The largest absolute Gasteiger partial charge is 0.493 e. The summed E-state index contributed by atoms with van der Waals surface area (Å²) in [6.45, 7) is 2.95. The zero-order valence-electron chi connectivity index (χ0n) is 17.0. The van der Waals surface area contributed by atoms with E-state index in [2.05, 4.69) is 22.9 Å². The lowest BCUT2D eigenvalue weighted by Crippen LogP contribution is -2.46. The maximum atomic E-state index is 13.0. The van der Waals surface area contributed by atoms with Crippen molar-refractivity contribution in [1.29, 1.82) is 0 Å². The summed E-state index contributed by atoms with van der Waals surface area (Å²) < 4.78 is 10.7. The van der Waals surface area contributed by atoms with Crippen LogP contribution in [0.5, 0.6) is 11.5 Å². The molecule has 0 aliphatic carbocycles. The molecule has 7 nitrogen and oxygen atoms in total. The highest BCUT2D eigenvalue weighted by molar-refractivity contribution is 6.09. The van der Waals surface area contributed by atoms with Crippen LogP contribution in [0, 0.1) is 0 Å². The average Bonchev–Trinajstić information content (AvgIpc) is 2.73. The van der Waals surface area contributed by atoms with Crippen molar-refractivity contribution in [3.05, 3.63) is 53.6 Å². The molecule has 2 amide bonds. The van der Waals surface area contributed by atoms with E-state index < -0.39 is 0 Å². The molecule has 0 saturated carbocycles. The second-order valence-corrected chi connectivity index (χ2v) is 7.12. The summed E-state index contributed by atoms with van der Waals surface area (Å²) in [5.74, 6) is 0.299. The zero-order valence-corrected chi connectivity index (χ0v) is 17.0. The Bertz CT molecular complexity index is 870. The van der Waals surface area contributed by atoms with E-state index in [0.29, 0.717) is 34.4 Å². The lowest BCUT2D eigenvalue weighted by atomic mass is 10.00. The molecule has 0 aromatic heterocycles. The van der Waals surface area contributed by atoms with Gasteiger partial charge in [0.15, 0.2) is 11.5 Å². The molecule has 2 aromatic carbocycles. The Kier molecular flexibility index (Phi) is 6.72. The highest BCUT2D eigenvalue weighted by Crippen LogP contribution is 2.34. The quantitative estimate of drug-likeness (QED) is 0.698. The van der Waals surface area contributed by atoms with Gasteiger partial charge in [0.1, 0.15) is 0 Å². The number of ether oxygens (including phenoxy) is 2. The van der Waals surface area contributed by atoms with Crippen molar-refractivity contribution in [2.24, 2.45) is 0 Å². The van der Waals surface area contributed by atoms with Gasteiger partial charge in [-0.25, -0.2) is 0 Å². The Balaban J connectivity index is 1.89. The van der Waals surface area contributed by atoms with Crippen molar-refractivity contribution < 1.29 is 19.1 Å². The highest BCUT2D eigenvalue weighted by Gasteiger charge is 2.24. The van der Waals surface area contributed by atoms with Gasteiger partial charge in [0.25, 0.3) is 11.8 Å². The Labute approximate surface area is 170 Å². The first-order valence-corrected chi connectivity index (χ1v) is 9.68. The van der Waals surface area contributed by atoms with E-state index in [0.717, 1.165) is 19.4 Å². The molecule has 2 unspecified atom stereocenters. The first kappa shape index (κ1) is 20.7. The van der Waals surface area contributed by atoms with E-state index in [-0.39, 0.29) is 17.9 Å². The molecule has 2 aromatic rings. The second-order valence-electron chi connectivity index (χ2n) is 7.12. The van der Waals surface area contributed by atoms with Crippen molar-refractivity contribution in [2.45, 2.75) is 31.8 Å². The molecule has 154 valence electrons. The third-order valence-corrected chi connectivity index (χ3v) is 5.01. The number of carbonyl (C=O) groups excluding carboxylic acids is 2. The van der Waals surface area contributed by atoms with Crippen molar-refractivity contribution >= 4 is 17.5 Å². The lowest BCUT2D eigenvalue weighted by Gasteiger charge is -2.29. The van der Waals surface area contributed by atoms with Crippen LogP contribution < -0.4 is 25.4 Å². The van der Waals surface area contributed by atoms with Crippen molar-refractivity contribution in [2.75, 3.05) is 26.1 Å². The van der Waals surface area contributed by atoms with Crippen molar-refractivity contribution in [3.8, 4) is 11.5 Å². The fourth-order valence-electron chi connectivity index (χ4n) is 3.48. The third-order valence-electron chi connectivity index (χ3n) is 5.01. The molecule has 3 N–H and O–H groups in total. The molecule has 7 heteroatoms. The summed E-state index contributed by atoms with van der Waals surface area (Å²) in [4.78, 5) is 25.7. The summed E-state index contributed by atoms with van der Waals surface area (Å²) >= 11 is 0. The van der Waals surface area contributed by atoms with E-state index in [9.17, 15) is 9.59 Å². The fourth-order valence-corrected chi connectivity index (χ4v) is 3.48. The molecular formula is C22H27N3O4. The van der Waals surface area contributed by atoms with Crippen molar-refractivity contribution in [1.82, 2.24) is 10.6 Å². The van der Waals surface area contributed by atoms with Gasteiger partial charge in [-0.3, -0.25) is 9.59 Å². The summed E-state index contributed by atoms with van der Waals surface area (Å²) in [6.07, 6.45) is 1.71. The van der Waals surface area contributed by atoms with E-state index in [1.807, 2.05) is 6.07 Å².